The number of aliphatic hydroxyl groups is 1. The fourth-order valence-electron chi connectivity index (χ4n) is 1.80. The Morgan fingerprint density at radius 3 is 2.06 bits per heavy atom. The molecule has 0 rings (SSSR count). The van der Waals surface area contributed by atoms with Crippen LogP contribution < -0.4 is 29.6 Å². The van der Waals surface area contributed by atoms with E-state index in [1.807, 2.05) is 0 Å². The molecule has 0 saturated heterocycles. The van der Waals surface area contributed by atoms with Gasteiger partial charge in [0.15, 0.2) is 0 Å². The Hall–Kier alpha value is 0.870. The Morgan fingerprint density at radius 1 is 1.00 bits per heavy atom. The number of rotatable bonds is 11. The van der Waals surface area contributed by atoms with Crippen LogP contribution in [0.5, 0.6) is 0 Å². The van der Waals surface area contributed by atoms with Gasteiger partial charge < -0.3 is 9.66 Å². The Morgan fingerprint density at radius 2 is 1.50 bits per heavy atom. The van der Waals surface area contributed by atoms with E-state index in [0.29, 0.717) is 12.8 Å². The summed E-state index contributed by atoms with van der Waals surface area (Å²) in [5.74, 6) is -0.361. The first kappa shape index (κ1) is 21.2. The van der Waals surface area contributed by atoms with Gasteiger partial charge in [-0.25, -0.2) is 8.42 Å². The summed E-state index contributed by atoms with van der Waals surface area (Å²) < 4.78 is 31.0. The van der Waals surface area contributed by atoms with E-state index in [4.69, 9.17) is 0 Å². The van der Waals surface area contributed by atoms with Crippen molar-refractivity contribution in [2.75, 3.05) is 5.75 Å². The van der Waals surface area contributed by atoms with Crippen LogP contribution in [0.1, 0.15) is 64.7 Å². The summed E-state index contributed by atoms with van der Waals surface area (Å²) in [6, 6.07) is 0. The molecule has 0 heterocycles. The van der Waals surface area contributed by atoms with Crippen molar-refractivity contribution in [3.8, 4) is 0 Å². The van der Waals surface area contributed by atoms with E-state index in [9.17, 15) is 18.1 Å². The summed E-state index contributed by atoms with van der Waals surface area (Å²) in [6.07, 6.45) is 7.99. The van der Waals surface area contributed by atoms with Gasteiger partial charge in [0, 0.05) is 5.75 Å². The quantitative estimate of drug-likeness (QED) is 0.314. The van der Waals surface area contributed by atoms with Crippen LogP contribution in [0.3, 0.4) is 0 Å². The molecule has 0 radical (unpaired) electrons. The van der Waals surface area contributed by atoms with Gasteiger partial charge in [-0.2, -0.15) is 0 Å². The van der Waals surface area contributed by atoms with E-state index in [1.165, 1.54) is 25.7 Å². The Labute approximate surface area is 134 Å². The minimum absolute atomic E-state index is 0. The van der Waals surface area contributed by atoms with Crippen molar-refractivity contribution < 1.29 is 47.6 Å². The fraction of sp³-hybridized carbons (Fsp3) is 1.00. The van der Waals surface area contributed by atoms with E-state index in [2.05, 4.69) is 6.92 Å². The topological polar surface area (TPSA) is 77.4 Å². The van der Waals surface area contributed by atoms with Gasteiger partial charge >= 0.3 is 29.6 Å². The molecule has 0 aliphatic heterocycles. The van der Waals surface area contributed by atoms with Crippen LogP contribution in [0.2, 0.25) is 0 Å². The maximum atomic E-state index is 10.3. The summed E-state index contributed by atoms with van der Waals surface area (Å²) in [4.78, 5) is 0. The monoisotopic (exact) mass is 288 g/mol. The van der Waals surface area contributed by atoms with Gasteiger partial charge in [0.1, 0.15) is 0 Å². The molecule has 0 fully saturated rings. The van der Waals surface area contributed by atoms with Crippen molar-refractivity contribution in [1.29, 1.82) is 0 Å². The smallest absolute Gasteiger partial charge is 0.748 e. The van der Waals surface area contributed by atoms with Crippen molar-refractivity contribution >= 4 is 10.1 Å². The standard InChI is InChI=1S/C12H26O4S.Na/c1-2-3-4-5-6-7-9-12(13)10-8-11-17(14,15)16;/h12-13H,2-11H2,1H3,(H,14,15,16);/q;+1/p-1. The second kappa shape index (κ2) is 12.9. The predicted molar refractivity (Wildman–Crippen MR) is 67.8 cm³/mol. The van der Waals surface area contributed by atoms with Crippen LogP contribution >= 0.6 is 0 Å². The van der Waals surface area contributed by atoms with Gasteiger partial charge in [-0.15, -0.1) is 0 Å². The fourth-order valence-corrected chi connectivity index (χ4v) is 2.32. The molecule has 1 unspecified atom stereocenters. The van der Waals surface area contributed by atoms with Crippen molar-refractivity contribution in [2.24, 2.45) is 0 Å². The van der Waals surface area contributed by atoms with E-state index in [-0.39, 0.29) is 41.7 Å². The molecule has 0 bridgehead atoms. The molecule has 1 atom stereocenters. The zero-order chi connectivity index (χ0) is 13.1. The van der Waals surface area contributed by atoms with Crippen LogP contribution in [0.4, 0.5) is 0 Å². The van der Waals surface area contributed by atoms with Gasteiger partial charge in [-0.1, -0.05) is 45.4 Å². The predicted octanol–water partition coefficient (Wildman–Crippen LogP) is -0.573. The van der Waals surface area contributed by atoms with Crippen LogP contribution in [-0.4, -0.2) is 29.9 Å². The molecule has 0 aromatic carbocycles. The van der Waals surface area contributed by atoms with Gasteiger partial charge in [-0.05, 0) is 19.3 Å². The molecule has 0 aliphatic carbocycles. The van der Waals surface area contributed by atoms with Crippen LogP contribution in [0.15, 0.2) is 0 Å². The van der Waals surface area contributed by atoms with Crippen LogP contribution in [0, 0.1) is 0 Å². The maximum absolute atomic E-state index is 10.3. The van der Waals surface area contributed by atoms with E-state index >= 15 is 0 Å². The molecule has 18 heavy (non-hydrogen) atoms. The zero-order valence-electron chi connectivity index (χ0n) is 11.7. The van der Waals surface area contributed by atoms with Gasteiger partial charge in [0.25, 0.3) is 0 Å². The first-order valence-corrected chi connectivity index (χ1v) is 8.15. The molecule has 1 N–H and O–H groups in total. The van der Waals surface area contributed by atoms with Crippen molar-refractivity contribution in [3.05, 3.63) is 0 Å². The summed E-state index contributed by atoms with van der Waals surface area (Å²) >= 11 is 0. The van der Waals surface area contributed by atoms with E-state index in [1.54, 1.807) is 0 Å². The Kier molecular flexibility index (Phi) is 15.2. The molecule has 0 aromatic rings. The second-order valence-electron chi connectivity index (χ2n) is 4.61. The second-order valence-corrected chi connectivity index (χ2v) is 6.14. The first-order valence-electron chi connectivity index (χ1n) is 6.57. The van der Waals surface area contributed by atoms with Gasteiger partial charge in [0.2, 0.25) is 0 Å². The van der Waals surface area contributed by atoms with Crippen LogP contribution in [0.25, 0.3) is 0 Å². The molecule has 104 valence electrons. The summed E-state index contributed by atoms with van der Waals surface area (Å²) in [7, 11) is -4.12. The number of unbranched alkanes of at least 4 members (excludes halogenated alkanes) is 5. The minimum Gasteiger partial charge on any atom is -0.748 e. The average Bonchev–Trinajstić information content (AvgIpc) is 2.21. The molecule has 0 aromatic heterocycles. The average molecular weight is 288 g/mol. The molecule has 0 amide bonds. The molecule has 0 aliphatic rings. The normalized spacial score (nSPS) is 13.1. The molecule has 4 nitrogen and oxygen atoms in total. The zero-order valence-corrected chi connectivity index (χ0v) is 14.5. The van der Waals surface area contributed by atoms with Crippen molar-refractivity contribution in [1.82, 2.24) is 0 Å². The SMILES string of the molecule is CCCCCCCCC(O)CCCS(=O)(=O)[O-].[Na+]. The summed E-state index contributed by atoms with van der Waals surface area (Å²) in [5, 5.41) is 9.55. The number of hydrogen-bond donors (Lipinski definition) is 1. The summed E-state index contributed by atoms with van der Waals surface area (Å²) in [6.45, 7) is 2.17. The van der Waals surface area contributed by atoms with Crippen molar-refractivity contribution in [3.63, 3.8) is 0 Å². The maximum Gasteiger partial charge on any atom is 1.00 e. The van der Waals surface area contributed by atoms with E-state index in [0.717, 1.165) is 12.8 Å². The van der Waals surface area contributed by atoms with Gasteiger partial charge in [-0.3, -0.25) is 0 Å². The third kappa shape index (κ3) is 16.9. The largest absolute Gasteiger partial charge is 1.00 e. The molecule has 0 spiro atoms. The third-order valence-electron chi connectivity index (χ3n) is 2.82. The Bertz CT molecular complexity index is 267. The first-order chi connectivity index (χ1) is 7.95. The Balaban J connectivity index is 0. The van der Waals surface area contributed by atoms with E-state index < -0.39 is 16.2 Å². The van der Waals surface area contributed by atoms with Crippen LogP contribution in [-0.2, 0) is 10.1 Å². The molecular weight excluding hydrogens is 263 g/mol. The summed E-state index contributed by atoms with van der Waals surface area (Å²) in [5.41, 5.74) is 0. The van der Waals surface area contributed by atoms with Crippen molar-refractivity contribution in [2.45, 2.75) is 70.8 Å². The third-order valence-corrected chi connectivity index (χ3v) is 3.61. The number of aliphatic hydroxyl groups excluding tert-OH is 1. The molecule has 0 saturated carbocycles. The molecular formula is C12H25NaO4S. The molecule has 6 heteroatoms. The minimum atomic E-state index is -4.12. The van der Waals surface area contributed by atoms with Gasteiger partial charge in [0.05, 0.1) is 16.2 Å². The number of hydrogen-bond acceptors (Lipinski definition) is 4.